The third kappa shape index (κ3) is 5.00. The predicted octanol–water partition coefficient (Wildman–Crippen LogP) is 1.92. The largest absolute Gasteiger partial charge is 0.352 e. The van der Waals surface area contributed by atoms with Crippen molar-refractivity contribution in [2.24, 2.45) is 0 Å². The standard InChI is InChI=1S/C14H18FNO3S2/c1-10(11-2-4-12(15)5-3-11)20-8-14(17)16-13-6-7-21(18,19)9-13/h2-5,10,13H,6-9H2,1H3,(H,16,17). The molecule has 1 fully saturated rings. The van der Waals surface area contributed by atoms with Crippen molar-refractivity contribution < 1.29 is 17.6 Å². The smallest absolute Gasteiger partial charge is 0.230 e. The summed E-state index contributed by atoms with van der Waals surface area (Å²) in [5, 5.41) is 2.82. The van der Waals surface area contributed by atoms with Crippen molar-refractivity contribution in [2.75, 3.05) is 17.3 Å². The Bertz CT molecular complexity index is 601. The molecule has 1 aromatic carbocycles. The number of benzene rings is 1. The van der Waals surface area contributed by atoms with Crippen LogP contribution in [0.4, 0.5) is 4.39 Å². The molecule has 0 aromatic heterocycles. The van der Waals surface area contributed by atoms with E-state index in [0.29, 0.717) is 6.42 Å². The maximum Gasteiger partial charge on any atom is 0.230 e. The van der Waals surface area contributed by atoms with Crippen LogP contribution in [0.1, 0.15) is 24.2 Å². The summed E-state index contributed by atoms with van der Waals surface area (Å²) in [5.74, 6) is 0.00972. The highest BCUT2D eigenvalue weighted by Gasteiger charge is 2.28. The molecule has 116 valence electrons. The number of amides is 1. The number of hydrogen-bond donors (Lipinski definition) is 1. The van der Waals surface area contributed by atoms with Gasteiger partial charge in [-0.15, -0.1) is 11.8 Å². The molecule has 0 bridgehead atoms. The molecule has 1 N–H and O–H groups in total. The van der Waals surface area contributed by atoms with Gasteiger partial charge in [-0.1, -0.05) is 12.1 Å². The molecule has 0 radical (unpaired) electrons. The van der Waals surface area contributed by atoms with E-state index < -0.39 is 9.84 Å². The molecule has 0 spiro atoms. The molecule has 0 aliphatic carbocycles. The van der Waals surface area contributed by atoms with Crippen LogP contribution in [-0.2, 0) is 14.6 Å². The van der Waals surface area contributed by atoms with Crippen LogP contribution in [0.15, 0.2) is 24.3 Å². The molecule has 1 heterocycles. The number of rotatable bonds is 5. The molecule has 7 heteroatoms. The predicted molar refractivity (Wildman–Crippen MR) is 82.5 cm³/mol. The molecule has 1 aliphatic heterocycles. The molecular formula is C14H18FNO3S2. The first-order valence-electron chi connectivity index (χ1n) is 6.72. The minimum Gasteiger partial charge on any atom is -0.352 e. The van der Waals surface area contributed by atoms with Gasteiger partial charge in [0.05, 0.1) is 17.3 Å². The van der Waals surface area contributed by atoms with Crippen molar-refractivity contribution in [3.05, 3.63) is 35.6 Å². The van der Waals surface area contributed by atoms with Crippen LogP contribution in [0.3, 0.4) is 0 Å². The molecule has 1 aromatic rings. The van der Waals surface area contributed by atoms with Gasteiger partial charge in [-0.2, -0.15) is 0 Å². The quantitative estimate of drug-likeness (QED) is 0.895. The normalized spacial score (nSPS) is 21.9. The molecule has 0 saturated carbocycles. The van der Waals surface area contributed by atoms with Crippen molar-refractivity contribution in [2.45, 2.75) is 24.6 Å². The summed E-state index contributed by atoms with van der Waals surface area (Å²) >= 11 is 1.44. The van der Waals surface area contributed by atoms with Gasteiger partial charge in [0.25, 0.3) is 0 Å². The van der Waals surface area contributed by atoms with Crippen molar-refractivity contribution in [1.82, 2.24) is 5.32 Å². The van der Waals surface area contributed by atoms with Crippen LogP contribution in [-0.4, -0.2) is 37.6 Å². The van der Waals surface area contributed by atoms with Gasteiger partial charge in [-0.05, 0) is 31.0 Å². The van der Waals surface area contributed by atoms with Gasteiger partial charge < -0.3 is 5.32 Å². The zero-order chi connectivity index (χ0) is 15.5. The average Bonchev–Trinajstić information content (AvgIpc) is 2.76. The topological polar surface area (TPSA) is 63.2 Å². The van der Waals surface area contributed by atoms with Gasteiger partial charge in [-0.3, -0.25) is 4.79 Å². The summed E-state index contributed by atoms with van der Waals surface area (Å²) in [6, 6.07) is 5.94. The Morgan fingerprint density at radius 3 is 2.67 bits per heavy atom. The van der Waals surface area contributed by atoms with Crippen molar-refractivity contribution >= 4 is 27.5 Å². The maximum absolute atomic E-state index is 12.8. The van der Waals surface area contributed by atoms with E-state index in [2.05, 4.69) is 5.32 Å². The number of halogens is 1. The van der Waals surface area contributed by atoms with Crippen LogP contribution in [0.25, 0.3) is 0 Å². The van der Waals surface area contributed by atoms with Crippen LogP contribution >= 0.6 is 11.8 Å². The molecule has 1 saturated heterocycles. The first-order chi connectivity index (χ1) is 9.85. The first-order valence-corrected chi connectivity index (χ1v) is 9.59. The van der Waals surface area contributed by atoms with Crippen LogP contribution < -0.4 is 5.32 Å². The second kappa shape index (κ2) is 6.79. The van der Waals surface area contributed by atoms with Crippen molar-refractivity contribution in [1.29, 1.82) is 0 Å². The van der Waals surface area contributed by atoms with E-state index in [0.717, 1.165) is 5.56 Å². The summed E-state index contributed by atoms with van der Waals surface area (Å²) in [6.07, 6.45) is 0.492. The lowest BCUT2D eigenvalue weighted by molar-refractivity contribution is -0.119. The van der Waals surface area contributed by atoms with E-state index in [1.54, 1.807) is 12.1 Å². The lowest BCUT2D eigenvalue weighted by Gasteiger charge is -2.14. The fraction of sp³-hybridized carbons (Fsp3) is 0.500. The fourth-order valence-electron chi connectivity index (χ4n) is 2.21. The minimum absolute atomic E-state index is 0.0386. The lowest BCUT2D eigenvalue weighted by atomic mass is 10.2. The molecule has 1 aliphatic rings. The Hall–Kier alpha value is -1.08. The fourth-order valence-corrected chi connectivity index (χ4v) is 4.72. The molecule has 2 atom stereocenters. The molecule has 2 rings (SSSR count). The third-order valence-electron chi connectivity index (χ3n) is 3.40. The van der Waals surface area contributed by atoms with E-state index in [4.69, 9.17) is 0 Å². The summed E-state index contributed by atoms with van der Waals surface area (Å²) in [7, 11) is -2.98. The monoisotopic (exact) mass is 331 g/mol. The van der Waals surface area contributed by atoms with E-state index >= 15 is 0 Å². The maximum atomic E-state index is 12.8. The second-order valence-corrected chi connectivity index (χ2v) is 8.73. The second-order valence-electron chi connectivity index (χ2n) is 5.17. The van der Waals surface area contributed by atoms with Gasteiger partial charge in [0.15, 0.2) is 9.84 Å². The highest BCUT2D eigenvalue weighted by Crippen LogP contribution is 2.27. The van der Waals surface area contributed by atoms with Gasteiger partial charge in [-0.25, -0.2) is 12.8 Å². The average molecular weight is 331 g/mol. The lowest BCUT2D eigenvalue weighted by Crippen LogP contribution is -2.36. The Balaban J connectivity index is 1.77. The zero-order valence-corrected chi connectivity index (χ0v) is 13.3. The summed E-state index contributed by atoms with van der Waals surface area (Å²) in [5.41, 5.74) is 0.956. The highest BCUT2D eigenvalue weighted by atomic mass is 32.2. The number of carbonyl (C=O) groups excluding carboxylic acids is 1. The van der Waals surface area contributed by atoms with Gasteiger partial charge in [0.1, 0.15) is 5.82 Å². The van der Waals surface area contributed by atoms with Gasteiger partial charge in [0, 0.05) is 11.3 Å². The summed E-state index contributed by atoms with van der Waals surface area (Å²) < 4.78 is 35.5. The number of sulfone groups is 1. The highest BCUT2D eigenvalue weighted by molar-refractivity contribution is 8.00. The Morgan fingerprint density at radius 2 is 2.10 bits per heavy atom. The van der Waals surface area contributed by atoms with E-state index in [1.807, 2.05) is 6.92 Å². The van der Waals surface area contributed by atoms with Crippen molar-refractivity contribution in [3.63, 3.8) is 0 Å². The molecule has 4 nitrogen and oxygen atoms in total. The number of thioether (sulfide) groups is 1. The Labute approximate surface area is 128 Å². The molecule has 21 heavy (non-hydrogen) atoms. The van der Waals surface area contributed by atoms with Crippen molar-refractivity contribution in [3.8, 4) is 0 Å². The molecule has 1 amide bonds. The number of nitrogens with one attached hydrogen (secondary N) is 1. The van der Waals surface area contributed by atoms with Crippen LogP contribution in [0, 0.1) is 5.82 Å². The van der Waals surface area contributed by atoms with Crippen LogP contribution in [0.5, 0.6) is 0 Å². The van der Waals surface area contributed by atoms with E-state index in [9.17, 15) is 17.6 Å². The molecule has 2 unspecified atom stereocenters. The minimum atomic E-state index is -2.98. The Kier molecular flexibility index (Phi) is 5.27. The first kappa shape index (κ1) is 16.3. The van der Waals surface area contributed by atoms with E-state index in [1.165, 1.54) is 23.9 Å². The van der Waals surface area contributed by atoms with E-state index in [-0.39, 0.29) is 40.3 Å². The Morgan fingerprint density at radius 1 is 1.43 bits per heavy atom. The van der Waals surface area contributed by atoms with Crippen LogP contribution in [0.2, 0.25) is 0 Å². The number of hydrogen-bond acceptors (Lipinski definition) is 4. The summed E-state index contributed by atoms with van der Waals surface area (Å²) in [4.78, 5) is 11.8. The molecular weight excluding hydrogens is 313 g/mol. The zero-order valence-electron chi connectivity index (χ0n) is 11.7. The SMILES string of the molecule is CC(SCC(=O)NC1CCS(=O)(=O)C1)c1ccc(F)cc1. The number of carbonyl (C=O) groups is 1. The van der Waals surface area contributed by atoms with Gasteiger partial charge >= 0.3 is 0 Å². The third-order valence-corrected chi connectivity index (χ3v) is 6.37. The van der Waals surface area contributed by atoms with Gasteiger partial charge in [0.2, 0.25) is 5.91 Å². The summed E-state index contributed by atoms with van der Waals surface area (Å²) in [6.45, 7) is 1.95.